The van der Waals surface area contributed by atoms with E-state index in [0.717, 1.165) is 45.8 Å². The number of hydrogen-bond donors (Lipinski definition) is 1. The lowest BCUT2D eigenvalue weighted by molar-refractivity contribution is 0.0214. The van der Waals surface area contributed by atoms with Gasteiger partial charge < -0.3 is 14.8 Å². The number of nitrogens with one attached hydrogen (secondary N) is 1. The lowest BCUT2D eigenvalue weighted by Gasteiger charge is -2.24. The van der Waals surface area contributed by atoms with Gasteiger partial charge in [-0.25, -0.2) is 0 Å². The van der Waals surface area contributed by atoms with Crippen molar-refractivity contribution in [3.8, 4) is 0 Å². The summed E-state index contributed by atoms with van der Waals surface area (Å²) in [6.45, 7) is 11.5. The van der Waals surface area contributed by atoms with E-state index in [1.807, 2.05) is 6.08 Å². The van der Waals surface area contributed by atoms with Crippen LogP contribution >= 0.6 is 0 Å². The molecule has 1 fully saturated rings. The Labute approximate surface area is 111 Å². The molecule has 0 saturated carbocycles. The fraction of sp³-hybridized carbons (Fsp3) is 0.857. The second-order valence-corrected chi connectivity index (χ2v) is 4.81. The Balaban J connectivity index is 2.25. The highest BCUT2D eigenvalue weighted by Gasteiger charge is 2.26. The van der Waals surface area contributed by atoms with Crippen molar-refractivity contribution in [1.29, 1.82) is 0 Å². The molecule has 0 bridgehead atoms. The second-order valence-electron chi connectivity index (χ2n) is 4.81. The number of hydrogen-bond acceptors (Lipinski definition) is 4. The van der Waals surface area contributed by atoms with E-state index in [9.17, 15) is 0 Å². The molecule has 2 unspecified atom stereocenters. The average molecular weight is 256 g/mol. The number of methoxy groups -OCH3 is 1. The Morgan fingerprint density at radius 1 is 1.44 bits per heavy atom. The molecule has 18 heavy (non-hydrogen) atoms. The summed E-state index contributed by atoms with van der Waals surface area (Å²) in [5.41, 5.74) is 0. The largest absolute Gasteiger partial charge is 0.383 e. The van der Waals surface area contributed by atoms with Gasteiger partial charge in [0.25, 0.3) is 0 Å². The standard InChI is InChI=1S/C14H28N2O2/c1-4-8-16(9-10-17-3)12-14-7-6-13(18-14)11-15-5-2/h4,13-15H,1,5-12H2,2-3H3. The van der Waals surface area contributed by atoms with Crippen molar-refractivity contribution in [3.63, 3.8) is 0 Å². The maximum Gasteiger partial charge on any atom is 0.0707 e. The van der Waals surface area contributed by atoms with E-state index < -0.39 is 0 Å². The zero-order valence-electron chi connectivity index (χ0n) is 11.9. The first-order valence-electron chi connectivity index (χ1n) is 6.98. The fourth-order valence-electron chi connectivity index (χ4n) is 2.32. The van der Waals surface area contributed by atoms with Crippen LogP contribution in [0.15, 0.2) is 12.7 Å². The summed E-state index contributed by atoms with van der Waals surface area (Å²) in [7, 11) is 1.74. The van der Waals surface area contributed by atoms with Crippen molar-refractivity contribution in [1.82, 2.24) is 10.2 Å². The minimum absolute atomic E-state index is 0.366. The lowest BCUT2D eigenvalue weighted by Crippen LogP contribution is -2.36. The molecule has 1 rings (SSSR count). The molecule has 0 aromatic rings. The molecular weight excluding hydrogens is 228 g/mol. The first kappa shape index (κ1) is 15.6. The van der Waals surface area contributed by atoms with Crippen LogP contribution in [0.25, 0.3) is 0 Å². The molecule has 0 aliphatic carbocycles. The molecule has 1 saturated heterocycles. The minimum atomic E-state index is 0.366. The molecular formula is C14H28N2O2. The van der Waals surface area contributed by atoms with Crippen LogP contribution < -0.4 is 5.32 Å². The summed E-state index contributed by atoms with van der Waals surface area (Å²) in [4.78, 5) is 2.34. The van der Waals surface area contributed by atoms with Gasteiger partial charge in [-0.05, 0) is 19.4 Å². The highest BCUT2D eigenvalue weighted by molar-refractivity contribution is 4.81. The van der Waals surface area contributed by atoms with Gasteiger partial charge in [-0.3, -0.25) is 4.90 Å². The zero-order chi connectivity index (χ0) is 13.2. The molecule has 1 aliphatic rings. The van der Waals surface area contributed by atoms with Crippen LogP contribution in [0.4, 0.5) is 0 Å². The predicted molar refractivity (Wildman–Crippen MR) is 75.0 cm³/mol. The second kappa shape index (κ2) is 9.50. The molecule has 0 amide bonds. The third-order valence-electron chi connectivity index (χ3n) is 3.28. The van der Waals surface area contributed by atoms with Gasteiger partial charge in [0.1, 0.15) is 0 Å². The van der Waals surface area contributed by atoms with Gasteiger partial charge in [0.15, 0.2) is 0 Å². The smallest absolute Gasteiger partial charge is 0.0707 e. The van der Waals surface area contributed by atoms with Gasteiger partial charge >= 0.3 is 0 Å². The Morgan fingerprint density at radius 2 is 2.22 bits per heavy atom. The van der Waals surface area contributed by atoms with E-state index in [2.05, 4.69) is 23.7 Å². The van der Waals surface area contributed by atoms with Gasteiger partial charge in [-0.15, -0.1) is 6.58 Å². The lowest BCUT2D eigenvalue weighted by atomic mass is 10.2. The number of likely N-dealkylation sites (N-methyl/N-ethyl adjacent to an activating group) is 1. The normalized spacial score (nSPS) is 23.7. The van der Waals surface area contributed by atoms with Crippen molar-refractivity contribution in [2.75, 3.05) is 46.4 Å². The van der Waals surface area contributed by atoms with Crippen LogP contribution in [0, 0.1) is 0 Å². The van der Waals surface area contributed by atoms with Gasteiger partial charge in [0, 0.05) is 33.3 Å². The summed E-state index contributed by atoms with van der Waals surface area (Å²) in [5.74, 6) is 0. The quantitative estimate of drug-likeness (QED) is 0.597. The maximum absolute atomic E-state index is 6.04. The average Bonchev–Trinajstić information content (AvgIpc) is 2.81. The fourth-order valence-corrected chi connectivity index (χ4v) is 2.32. The SMILES string of the molecule is C=CCN(CCOC)CC1CCC(CNCC)O1. The summed E-state index contributed by atoms with van der Waals surface area (Å²) in [6, 6.07) is 0. The molecule has 0 spiro atoms. The van der Waals surface area contributed by atoms with Crippen molar-refractivity contribution >= 4 is 0 Å². The topological polar surface area (TPSA) is 33.7 Å². The molecule has 1 heterocycles. The zero-order valence-corrected chi connectivity index (χ0v) is 11.9. The summed E-state index contributed by atoms with van der Waals surface area (Å²) < 4.78 is 11.2. The third kappa shape index (κ3) is 5.96. The Hall–Kier alpha value is -0.420. The molecule has 4 nitrogen and oxygen atoms in total. The van der Waals surface area contributed by atoms with Crippen LogP contribution in [-0.2, 0) is 9.47 Å². The summed E-state index contributed by atoms with van der Waals surface area (Å²) >= 11 is 0. The molecule has 2 atom stereocenters. The van der Waals surface area contributed by atoms with Crippen LogP contribution in [0.5, 0.6) is 0 Å². The number of nitrogens with zero attached hydrogens (tertiary/aromatic N) is 1. The highest BCUT2D eigenvalue weighted by Crippen LogP contribution is 2.20. The first-order valence-corrected chi connectivity index (χ1v) is 6.98. The maximum atomic E-state index is 6.04. The molecule has 106 valence electrons. The highest BCUT2D eigenvalue weighted by atomic mass is 16.5. The van der Waals surface area contributed by atoms with E-state index in [0.29, 0.717) is 12.2 Å². The van der Waals surface area contributed by atoms with E-state index in [1.54, 1.807) is 7.11 Å². The van der Waals surface area contributed by atoms with Gasteiger partial charge in [0.05, 0.1) is 18.8 Å². The van der Waals surface area contributed by atoms with Crippen molar-refractivity contribution in [2.24, 2.45) is 0 Å². The Bertz CT molecular complexity index is 224. The molecule has 1 N–H and O–H groups in total. The van der Waals surface area contributed by atoms with E-state index in [4.69, 9.17) is 9.47 Å². The monoisotopic (exact) mass is 256 g/mol. The Kier molecular flexibility index (Phi) is 8.25. The van der Waals surface area contributed by atoms with Crippen LogP contribution in [0.2, 0.25) is 0 Å². The van der Waals surface area contributed by atoms with Crippen LogP contribution in [0.1, 0.15) is 19.8 Å². The van der Waals surface area contributed by atoms with Crippen LogP contribution in [-0.4, -0.2) is 63.5 Å². The van der Waals surface area contributed by atoms with Gasteiger partial charge in [-0.2, -0.15) is 0 Å². The molecule has 0 aromatic carbocycles. The predicted octanol–water partition coefficient (Wildman–Crippen LogP) is 1.28. The minimum Gasteiger partial charge on any atom is -0.383 e. The molecule has 0 aromatic heterocycles. The van der Waals surface area contributed by atoms with Gasteiger partial charge in [-0.1, -0.05) is 13.0 Å². The number of rotatable bonds is 10. The van der Waals surface area contributed by atoms with E-state index in [1.165, 1.54) is 6.42 Å². The number of ether oxygens (including phenoxy) is 2. The summed E-state index contributed by atoms with van der Waals surface area (Å²) in [6.07, 6.45) is 5.04. The van der Waals surface area contributed by atoms with E-state index >= 15 is 0 Å². The van der Waals surface area contributed by atoms with Crippen LogP contribution in [0.3, 0.4) is 0 Å². The van der Waals surface area contributed by atoms with Crippen molar-refractivity contribution in [3.05, 3.63) is 12.7 Å². The third-order valence-corrected chi connectivity index (χ3v) is 3.28. The molecule has 0 radical (unpaired) electrons. The van der Waals surface area contributed by atoms with Gasteiger partial charge in [0.2, 0.25) is 0 Å². The molecule has 1 aliphatic heterocycles. The Morgan fingerprint density at radius 3 is 2.89 bits per heavy atom. The van der Waals surface area contributed by atoms with Crippen molar-refractivity contribution in [2.45, 2.75) is 32.0 Å². The first-order chi connectivity index (χ1) is 8.80. The summed E-state index contributed by atoms with van der Waals surface area (Å²) in [5, 5.41) is 3.35. The van der Waals surface area contributed by atoms with Crippen molar-refractivity contribution < 1.29 is 9.47 Å². The molecule has 4 heteroatoms. The van der Waals surface area contributed by atoms with E-state index in [-0.39, 0.29) is 0 Å².